The number of anilines is 1. The molecule has 1 aliphatic rings. The SMILES string of the molecule is Cc1cc(CCl)cc(N2CC(C)CCC2C)n1. The summed E-state index contributed by atoms with van der Waals surface area (Å²) in [6.07, 6.45) is 2.58. The minimum Gasteiger partial charge on any atom is -0.354 e. The first-order valence-electron chi connectivity index (χ1n) is 6.40. The van der Waals surface area contributed by atoms with Crippen LogP contribution in [0.15, 0.2) is 12.1 Å². The maximum Gasteiger partial charge on any atom is 0.129 e. The summed E-state index contributed by atoms with van der Waals surface area (Å²) >= 11 is 5.93. The molecular formula is C14H21ClN2. The zero-order chi connectivity index (χ0) is 12.4. The van der Waals surface area contributed by atoms with E-state index in [4.69, 9.17) is 11.6 Å². The van der Waals surface area contributed by atoms with Crippen LogP contribution in [0, 0.1) is 12.8 Å². The zero-order valence-electron chi connectivity index (χ0n) is 10.9. The van der Waals surface area contributed by atoms with Crippen molar-refractivity contribution in [2.75, 3.05) is 11.4 Å². The standard InChI is InChI=1S/C14H21ClN2/c1-10-4-5-12(3)17(9-10)14-7-13(8-15)6-11(2)16-14/h6-7,10,12H,4-5,8-9H2,1-3H3. The summed E-state index contributed by atoms with van der Waals surface area (Å²) in [6, 6.07) is 4.78. The van der Waals surface area contributed by atoms with Gasteiger partial charge in [0.2, 0.25) is 0 Å². The molecule has 2 unspecified atom stereocenters. The average molecular weight is 253 g/mol. The Hall–Kier alpha value is -0.760. The molecule has 94 valence electrons. The number of halogens is 1. The van der Waals surface area contributed by atoms with Crippen molar-refractivity contribution in [3.63, 3.8) is 0 Å². The topological polar surface area (TPSA) is 16.1 Å². The van der Waals surface area contributed by atoms with Gasteiger partial charge in [-0.05, 0) is 50.3 Å². The second kappa shape index (κ2) is 5.26. The summed E-state index contributed by atoms with van der Waals surface area (Å²) in [6.45, 7) is 7.75. The molecule has 1 aromatic heterocycles. The Labute approximate surface area is 109 Å². The monoisotopic (exact) mass is 252 g/mol. The molecule has 0 N–H and O–H groups in total. The van der Waals surface area contributed by atoms with Gasteiger partial charge in [0.25, 0.3) is 0 Å². The molecule has 0 bridgehead atoms. The van der Waals surface area contributed by atoms with Crippen molar-refractivity contribution in [1.29, 1.82) is 0 Å². The Morgan fingerprint density at radius 1 is 1.35 bits per heavy atom. The first kappa shape index (κ1) is 12.7. The highest BCUT2D eigenvalue weighted by atomic mass is 35.5. The van der Waals surface area contributed by atoms with Crippen LogP contribution in [0.25, 0.3) is 0 Å². The van der Waals surface area contributed by atoms with E-state index in [1.165, 1.54) is 18.4 Å². The third kappa shape index (κ3) is 2.92. The summed E-state index contributed by atoms with van der Waals surface area (Å²) in [7, 11) is 0. The van der Waals surface area contributed by atoms with Crippen LogP contribution in [0.5, 0.6) is 0 Å². The van der Waals surface area contributed by atoms with Gasteiger partial charge in [-0.25, -0.2) is 4.98 Å². The fraction of sp³-hybridized carbons (Fsp3) is 0.643. The van der Waals surface area contributed by atoms with Gasteiger partial charge in [0, 0.05) is 24.2 Å². The van der Waals surface area contributed by atoms with Gasteiger partial charge in [-0.15, -0.1) is 11.6 Å². The number of alkyl halides is 1. The lowest BCUT2D eigenvalue weighted by Crippen LogP contribution is -2.41. The molecule has 0 spiro atoms. The molecule has 1 saturated heterocycles. The van der Waals surface area contributed by atoms with Crippen molar-refractivity contribution in [1.82, 2.24) is 4.98 Å². The molecule has 1 fully saturated rings. The van der Waals surface area contributed by atoms with E-state index in [2.05, 4.69) is 35.9 Å². The molecule has 1 aliphatic heterocycles. The molecule has 0 radical (unpaired) electrons. The molecule has 2 nitrogen and oxygen atoms in total. The number of aromatic nitrogens is 1. The fourth-order valence-corrected chi connectivity index (χ4v) is 2.71. The molecule has 2 atom stereocenters. The van der Waals surface area contributed by atoms with Gasteiger partial charge in [-0.2, -0.15) is 0 Å². The summed E-state index contributed by atoms with van der Waals surface area (Å²) < 4.78 is 0. The third-order valence-corrected chi connectivity index (χ3v) is 3.87. The summed E-state index contributed by atoms with van der Waals surface area (Å²) in [5.74, 6) is 2.42. The fourth-order valence-electron chi connectivity index (χ4n) is 2.55. The second-order valence-electron chi connectivity index (χ2n) is 5.29. The van der Waals surface area contributed by atoms with Crippen LogP contribution in [0.1, 0.15) is 37.9 Å². The molecular weight excluding hydrogens is 232 g/mol. The normalized spacial score (nSPS) is 25.1. The maximum atomic E-state index is 5.93. The zero-order valence-corrected chi connectivity index (χ0v) is 11.7. The van der Waals surface area contributed by atoms with Gasteiger partial charge in [0.15, 0.2) is 0 Å². The molecule has 2 heterocycles. The highest BCUT2D eigenvalue weighted by molar-refractivity contribution is 6.17. The van der Waals surface area contributed by atoms with E-state index >= 15 is 0 Å². The quantitative estimate of drug-likeness (QED) is 0.746. The summed E-state index contributed by atoms with van der Waals surface area (Å²) in [5.41, 5.74) is 2.23. The molecule has 0 aliphatic carbocycles. The van der Waals surface area contributed by atoms with Crippen LogP contribution in [0.2, 0.25) is 0 Å². The predicted molar refractivity (Wildman–Crippen MR) is 73.7 cm³/mol. The Kier molecular flexibility index (Phi) is 3.93. The van der Waals surface area contributed by atoms with Crippen LogP contribution in [-0.2, 0) is 5.88 Å². The van der Waals surface area contributed by atoms with Crippen molar-refractivity contribution in [2.24, 2.45) is 5.92 Å². The smallest absolute Gasteiger partial charge is 0.129 e. The van der Waals surface area contributed by atoms with Crippen molar-refractivity contribution in [3.05, 3.63) is 23.4 Å². The number of rotatable bonds is 2. The Morgan fingerprint density at radius 2 is 2.12 bits per heavy atom. The summed E-state index contributed by atoms with van der Waals surface area (Å²) in [5, 5.41) is 0. The van der Waals surface area contributed by atoms with E-state index < -0.39 is 0 Å². The van der Waals surface area contributed by atoms with Crippen molar-refractivity contribution < 1.29 is 0 Å². The molecule has 2 rings (SSSR count). The molecule has 3 heteroatoms. The molecule has 0 amide bonds. The van der Waals surface area contributed by atoms with E-state index in [1.807, 2.05) is 6.92 Å². The minimum atomic E-state index is 0.564. The van der Waals surface area contributed by atoms with Gasteiger partial charge in [0.1, 0.15) is 5.82 Å². The molecule has 1 aromatic rings. The number of piperidine rings is 1. The molecule has 0 saturated carbocycles. The van der Waals surface area contributed by atoms with Gasteiger partial charge in [0.05, 0.1) is 0 Å². The number of hydrogen-bond donors (Lipinski definition) is 0. The lowest BCUT2D eigenvalue weighted by atomic mass is 9.95. The largest absolute Gasteiger partial charge is 0.354 e. The number of pyridine rings is 1. The lowest BCUT2D eigenvalue weighted by Gasteiger charge is -2.38. The van der Waals surface area contributed by atoms with E-state index in [1.54, 1.807) is 0 Å². The predicted octanol–water partition coefficient (Wildman–Crippen LogP) is 3.75. The molecule has 0 aromatic carbocycles. The van der Waals surface area contributed by atoms with Crippen LogP contribution in [-0.4, -0.2) is 17.6 Å². The van der Waals surface area contributed by atoms with E-state index in [0.29, 0.717) is 11.9 Å². The van der Waals surface area contributed by atoms with Gasteiger partial charge >= 0.3 is 0 Å². The maximum absolute atomic E-state index is 5.93. The van der Waals surface area contributed by atoms with Crippen LogP contribution >= 0.6 is 11.6 Å². The van der Waals surface area contributed by atoms with Crippen molar-refractivity contribution >= 4 is 17.4 Å². The Bertz CT molecular complexity index is 392. The van der Waals surface area contributed by atoms with E-state index in [-0.39, 0.29) is 0 Å². The second-order valence-corrected chi connectivity index (χ2v) is 5.56. The first-order valence-corrected chi connectivity index (χ1v) is 6.93. The highest BCUT2D eigenvalue weighted by Crippen LogP contribution is 2.27. The van der Waals surface area contributed by atoms with Gasteiger partial charge < -0.3 is 4.90 Å². The first-order chi connectivity index (χ1) is 8.10. The number of hydrogen-bond acceptors (Lipinski definition) is 2. The van der Waals surface area contributed by atoms with Crippen LogP contribution in [0.3, 0.4) is 0 Å². The lowest BCUT2D eigenvalue weighted by molar-refractivity contribution is 0.388. The van der Waals surface area contributed by atoms with Crippen LogP contribution in [0.4, 0.5) is 5.82 Å². The van der Waals surface area contributed by atoms with Crippen molar-refractivity contribution in [2.45, 2.75) is 45.5 Å². The van der Waals surface area contributed by atoms with E-state index in [0.717, 1.165) is 24.0 Å². The Morgan fingerprint density at radius 3 is 2.82 bits per heavy atom. The van der Waals surface area contributed by atoms with Gasteiger partial charge in [-0.1, -0.05) is 6.92 Å². The average Bonchev–Trinajstić information content (AvgIpc) is 2.31. The third-order valence-electron chi connectivity index (χ3n) is 3.57. The van der Waals surface area contributed by atoms with Gasteiger partial charge in [-0.3, -0.25) is 0 Å². The number of nitrogens with zero attached hydrogens (tertiary/aromatic N) is 2. The van der Waals surface area contributed by atoms with Crippen LogP contribution < -0.4 is 4.90 Å². The number of aryl methyl sites for hydroxylation is 1. The van der Waals surface area contributed by atoms with Crippen molar-refractivity contribution in [3.8, 4) is 0 Å². The highest BCUT2D eigenvalue weighted by Gasteiger charge is 2.24. The Balaban J connectivity index is 2.28. The minimum absolute atomic E-state index is 0.564. The molecule has 17 heavy (non-hydrogen) atoms. The van der Waals surface area contributed by atoms with E-state index in [9.17, 15) is 0 Å². The summed E-state index contributed by atoms with van der Waals surface area (Å²) in [4.78, 5) is 7.09.